The number of benzene rings is 2. The lowest BCUT2D eigenvalue weighted by atomic mass is 9.71. The van der Waals surface area contributed by atoms with Gasteiger partial charge in [-0.15, -0.1) is 6.58 Å². The van der Waals surface area contributed by atoms with Gasteiger partial charge in [-0.2, -0.15) is 8.42 Å². The zero-order chi connectivity index (χ0) is 26.2. The van der Waals surface area contributed by atoms with E-state index in [-0.39, 0.29) is 28.0 Å². The first-order chi connectivity index (χ1) is 17.8. The second kappa shape index (κ2) is 10.0. The predicted octanol–water partition coefficient (Wildman–Crippen LogP) is 4.89. The van der Waals surface area contributed by atoms with E-state index in [1.807, 2.05) is 6.07 Å². The second-order valence-corrected chi connectivity index (χ2v) is 11.0. The van der Waals surface area contributed by atoms with Crippen molar-refractivity contribution in [3.63, 3.8) is 0 Å². The Morgan fingerprint density at radius 3 is 2.16 bits per heavy atom. The molecule has 1 aliphatic heterocycles. The SMILES string of the molecule is C=CCc1cc(C2C3=C(CCCC3=O)NC3=C2C(=O)CCC3)cc(OC)c1OS(=O)(=O)c1ccccc1. The molecule has 1 N–H and O–H groups in total. The molecule has 37 heavy (non-hydrogen) atoms. The topological polar surface area (TPSA) is 98.8 Å². The number of rotatable bonds is 7. The third kappa shape index (κ3) is 4.62. The molecule has 0 atom stereocenters. The summed E-state index contributed by atoms with van der Waals surface area (Å²) in [4.78, 5) is 26.4. The van der Waals surface area contributed by atoms with Gasteiger partial charge in [0.25, 0.3) is 0 Å². The summed E-state index contributed by atoms with van der Waals surface area (Å²) in [5, 5.41) is 3.41. The van der Waals surface area contributed by atoms with E-state index in [2.05, 4.69) is 11.9 Å². The van der Waals surface area contributed by atoms with Crippen LogP contribution in [0.5, 0.6) is 11.5 Å². The highest BCUT2D eigenvalue weighted by Gasteiger charge is 2.41. The fraction of sp³-hybridized carbons (Fsp3) is 0.310. The van der Waals surface area contributed by atoms with E-state index in [0.717, 1.165) is 37.1 Å². The van der Waals surface area contributed by atoms with Gasteiger partial charge in [0.15, 0.2) is 23.1 Å². The van der Waals surface area contributed by atoms with E-state index in [0.29, 0.717) is 41.5 Å². The van der Waals surface area contributed by atoms with Gasteiger partial charge in [0, 0.05) is 46.9 Å². The number of dihydropyridines is 1. The zero-order valence-electron chi connectivity index (χ0n) is 20.7. The fourth-order valence-corrected chi connectivity index (χ4v) is 6.46. The molecule has 0 saturated heterocycles. The minimum Gasteiger partial charge on any atom is -0.493 e. The van der Waals surface area contributed by atoms with Crippen LogP contribution in [-0.4, -0.2) is 27.1 Å². The monoisotopic (exact) mass is 519 g/mol. The van der Waals surface area contributed by atoms with E-state index < -0.39 is 16.0 Å². The number of allylic oxidation sites excluding steroid dienone is 5. The van der Waals surface area contributed by atoms with E-state index in [4.69, 9.17) is 8.92 Å². The van der Waals surface area contributed by atoms with E-state index >= 15 is 0 Å². The molecule has 0 spiro atoms. The summed E-state index contributed by atoms with van der Waals surface area (Å²) < 4.78 is 37.4. The van der Waals surface area contributed by atoms with Gasteiger partial charge in [0.1, 0.15) is 4.90 Å². The van der Waals surface area contributed by atoms with Crippen LogP contribution in [0.25, 0.3) is 0 Å². The largest absolute Gasteiger partial charge is 0.493 e. The number of carbonyl (C=O) groups excluding carboxylic acids is 2. The predicted molar refractivity (Wildman–Crippen MR) is 139 cm³/mol. The normalized spacial score (nSPS) is 18.2. The van der Waals surface area contributed by atoms with Crippen LogP contribution >= 0.6 is 0 Å². The molecule has 2 aromatic carbocycles. The van der Waals surface area contributed by atoms with Gasteiger partial charge in [-0.3, -0.25) is 9.59 Å². The lowest BCUT2D eigenvalue weighted by Gasteiger charge is -2.37. The van der Waals surface area contributed by atoms with E-state index in [1.165, 1.54) is 19.2 Å². The molecular formula is C29H29NO6S. The Balaban J connectivity index is 1.67. The minimum absolute atomic E-state index is 0.0224. The summed E-state index contributed by atoms with van der Waals surface area (Å²) in [6.07, 6.45) is 5.84. The van der Waals surface area contributed by atoms with Crippen molar-refractivity contribution in [2.75, 3.05) is 7.11 Å². The molecule has 192 valence electrons. The highest BCUT2D eigenvalue weighted by molar-refractivity contribution is 7.87. The van der Waals surface area contributed by atoms with Crippen molar-refractivity contribution in [3.8, 4) is 11.5 Å². The number of nitrogens with one attached hydrogen (secondary N) is 1. The first kappa shape index (κ1) is 25.0. The van der Waals surface area contributed by atoms with Crippen LogP contribution in [0.4, 0.5) is 0 Å². The zero-order valence-corrected chi connectivity index (χ0v) is 21.5. The number of carbonyl (C=O) groups is 2. The Bertz CT molecular complexity index is 1410. The molecule has 5 rings (SSSR count). The Kier molecular flexibility index (Phi) is 6.77. The molecule has 0 bridgehead atoms. The van der Waals surface area contributed by atoms with Crippen LogP contribution in [0.2, 0.25) is 0 Å². The number of Topliss-reactive ketones (excluding diaryl/α,β-unsaturated/α-hetero) is 2. The van der Waals surface area contributed by atoms with Gasteiger partial charge in [-0.05, 0) is 55.9 Å². The van der Waals surface area contributed by atoms with Crippen LogP contribution in [-0.2, 0) is 26.1 Å². The standard InChI is InChI=1S/C29H29NO6S/c1-3-9-18-16-19(17-25(35-2)29(18)36-37(33,34)20-10-5-4-6-11-20)26-27-21(12-7-14-23(27)31)30-22-13-8-15-24(32)28(22)26/h3-6,10-11,16-17,26,30H,1,7-9,12-15H2,2H3. The average molecular weight is 520 g/mol. The molecule has 0 unspecified atom stereocenters. The van der Waals surface area contributed by atoms with Crippen molar-refractivity contribution in [3.05, 3.63) is 88.8 Å². The summed E-state index contributed by atoms with van der Waals surface area (Å²) in [6.45, 7) is 3.82. The Morgan fingerprint density at radius 1 is 0.973 bits per heavy atom. The van der Waals surface area contributed by atoms with Gasteiger partial charge in [0.2, 0.25) is 0 Å². The van der Waals surface area contributed by atoms with Crippen LogP contribution in [0.15, 0.2) is 82.6 Å². The average Bonchev–Trinajstić information content (AvgIpc) is 2.89. The molecule has 0 saturated carbocycles. The Hall–Kier alpha value is -3.65. The molecule has 2 aliphatic carbocycles. The molecule has 7 nitrogen and oxygen atoms in total. The van der Waals surface area contributed by atoms with Gasteiger partial charge < -0.3 is 14.2 Å². The first-order valence-corrected chi connectivity index (χ1v) is 13.9. The Labute approximate surface area is 217 Å². The maximum atomic E-state index is 13.2. The van der Waals surface area contributed by atoms with Crippen molar-refractivity contribution < 1.29 is 26.9 Å². The van der Waals surface area contributed by atoms with Gasteiger partial charge in [-0.1, -0.05) is 30.3 Å². The fourth-order valence-electron chi connectivity index (χ4n) is 5.47. The molecule has 1 heterocycles. The van der Waals surface area contributed by atoms with Crippen LogP contribution in [0, 0.1) is 0 Å². The summed E-state index contributed by atoms with van der Waals surface area (Å²) in [5.74, 6) is -0.204. The summed E-state index contributed by atoms with van der Waals surface area (Å²) in [6, 6.07) is 11.4. The highest BCUT2D eigenvalue weighted by atomic mass is 32.2. The van der Waals surface area contributed by atoms with Crippen LogP contribution in [0.3, 0.4) is 0 Å². The van der Waals surface area contributed by atoms with Crippen molar-refractivity contribution in [2.24, 2.45) is 0 Å². The number of ketones is 2. The number of methoxy groups -OCH3 is 1. The number of hydrogen-bond acceptors (Lipinski definition) is 7. The molecule has 3 aliphatic rings. The number of hydrogen-bond donors (Lipinski definition) is 1. The maximum absolute atomic E-state index is 13.2. The minimum atomic E-state index is -4.13. The molecule has 0 aromatic heterocycles. The maximum Gasteiger partial charge on any atom is 0.339 e. The lowest BCUT2D eigenvalue weighted by molar-refractivity contribution is -0.117. The summed E-state index contributed by atoms with van der Waals surface area (Å²) in [5.41, 5.74) is 4.25. The van der Waals surface area contributed by atoms with E-state index in [1.54, 1.807) is 30.3 Å². The van der Waals surface area contributed by atoms with Gasteiger partial charge in [-0.25, -0.2) is 0 Å². The summed E-state index contributed by atoms with van der Waals surface area (Å²) >= 11 is 0. The molecule has 0 amide bonds. The summed E-state index contributed by atoms with van der Waals surface area (Å²) in [7, 11) is -2.69. The first-order valence-electron chi connectivity index (χ1n) is 12.4. The molecule has 0 radical (unpaired) electrons. The molecular weight excluding hydrogens is 490 g/mol. The molecule has 8 heteroatoms. The van der Waals surface area contributed by atoms with Crippen molar-refractivity contribution >= 4 is 21.7 Å². The van der Waals surface area contributed by atoms with Crippen LogP contribution in [0.1, 0.15) is 55.6 Å². The van der Waals surface area contributed by atoms with E-state index in [9.17, 15) is 18.0 Å². The van der Waals surface area contributed by atoms with Gasteiger partial charge >= 0.3 is 10.1 Å². The smallest absolute Gasteiger partial charge is 0.339 e. The van der Waals surface area contributed by atoms with Crippen molar-refractivity contribution in [2.45, 2.75) is 55.8 Å². The highest BCUT2D eigenvalue weighted by Crippen LogP contribution is 2.47. The lowest BCUT2D eigenvalue weighted by Crippen LogP contribution is -2.36. The van der Waals surface area contributed by atoms with Crippen molar-refractivity contribution in [1.29, 1.82) is 0 Å². The van der Waals surface area contributed by atoms with Crippen LogP contribution < -0.4 is 14.2 Å². The third-order valence-electron chi connectivity index (χ3n) is 7.09. The molecule has 2 aromatic rings. The molecule has 0 fully saturated rings. The second-order valence-electron chi connectivity index (χ2n) is 9.45. The third-order valence-corrected chi connectivity index (χ3v) is 8.32. The number of ether oxygens (including phenoxy) is 1. The quantitative estimate of drug-likeness (QED) is 0.411. The van der Waals surface area contributed by atoms with Crippen molar-refractivity contribution in [1.82, 2.24) is 5.32 Å². The van der Waals surface area contributed by atoms with Gasteiger partial charge in [0.05, 0.1) is 7.11 Å². The Morgan fingerprint density at radius 2 is 1.59 bits per heavy atom.